The van der Waals surface area contributed by atoms with Gasteiger partial charge in [0.25, 0.3) is 5.91 Å². The maximum absolute atomic E-state index is 12.9. The third kappa shape index (κ3) is 2.54. The number of aromatic nitrogens is 5. The van der Waals surface area contributed by atoms with E-state index in [2.05, 4.69) is 24.9 Å². The van der Waals surface area contributed by atoms with Gasteiger partial charge in [0.15, 0.2) is 5.82 Å². The number of hydrogen-bond donors (Lipinski definition) is 1. The van der Waals surface area contributed by atoms with E-state index in [1.807, 2.05) is 4.90 Å². The quantitative estimate of drug-likeness (QED) is 0.799. The summed E-state index contributed by atoms with van der Waals surface area (Å²) in [6.45, 7) is 0.708. The lowest BCUT2D eigenvalue weighted by Crippen LogP contribution is -2.31. The van der Waals surface area contributed by atoms with E-state index in [0.717, 1.165) is 18.5 Å². The molecule has 4 rings (SSSR count). The smallest absolute Gasteiger partial charge is 0.254 e. The molecule has 1 aliphatic heterocycles. The number of aromatic amines is 1. The van der Waals surface area contributed by atoms with Crippen molar-refractivity contribution in [2.45, 2.75) is 18.9 Å². The number of carbonyl (C=O) groups excluding carboxylic acids is 1. The Labute approximate surface area is 138 Å². The van der Waals surface area contributed by atoms with Crippen molar-refractivity contribution in [1.29, 1.82) is 0 Å². The average Bonchev–Trinajstić information content (AvgIpc) is 3.33. The van der Waals surface area contributed by atoms with Crippen LogP contribution >= 0.6 is 0 Å². The second-order valence-corrected chi connectivity index (χ2v) is 5.62. The molecule has 7 heteroatoms. The highest BCUT2D eigenvalue weighted by Gasteiger charge is 2.33. The Kier molecular flexibility index (Phi) is 3.74. The number of imidazole rings is 1. The highest BCUT2D eigenvalue weighted by atomic mass is 16.2. The van der Waals surface area contributed by atoms with Crippen LogP contribution in [0.5, 0.6) is 0 Å². The number of H-pyrrole nitrogens is 1. The molecule has 1 fully saturated rings. The zero-order chi connectivity index (χ0) is 16.4. The van der Waals surface area contributed by atoms with Gasteiger partial charge in [-0.15, -0.1) is 0 Å². The molecule has 4 heterocycles. The third-order valence-electron chi connectivity index (χ3n) is 4.21. The molecule has 0 radical (unpaired) electrons. The number of amides is 1. The molecule has 24 heavy (non-hydrogen) atoms. The van der Waals surface area contributed by atoms with Crippen LogP contribution in [-0.2, 0) is 0 Å². The lowest BCUT2D eigenvalue weighted by atomic mass is 10.1. The van der Waals surface area contributed by atoms with Crippen molar-refractivity contribution in [3.05, 3.63) is 60.6 Å². The van der Waals surface area contributed by atoms with E-state index in [-0.39, 0.29) is 11.9 Å². The van der Waals surface area contributed by atoms with Gasteiger partial charge in [0, 0.05) is 49.3 Å². The van der Waals surface area contributed by atoms with E-state index in [1.165, 1.54) is 0 Å². The van der Waals surface area contributed by atoms with Gasteiger partial charge < -0.3 is 9.88 Å². The summed E-state index contributed by atoms with van der Waals surface area (Å²) in [6, 6.07) is 3.38. The molecule has 1 N–H and O–H groups in total. The van der Waals surface area contributed by atoms with Crippen LogP contribution in [0.1, 0.15) is 34.9 Å². The average molecular weight is 320 g/mol. The maximum Gasteiger partial charge on any atom is 0.254 e. The Hall–Kier alpha value is -3.09. The number of nitrogens with zero attached hydrogens (tertiary/aromatic N) is 5. The number of nitrogens with one attached hydrogen (secondary N) is 1. The summed E-state index contributed by atoms with van der Waals surface area (Å²) in [6.07, 6.45) is 11.8. The molecule has 3 aromatic heterocycles. The first kappa shape index (κ1) is 14.5. The predicted molar refractivity (Wildman–Crippen MR) is 86.9 cm³/mol. The second-order valence-electron chi connectivity index (χ2n) is 5.62. The Morgan fingerprint density at radius 3 is 2.71 bits per heavy atom. The van der Waals surface area contributed by atoms with E-state index in [9.17, 15) is 4.79 Å². The Bertz CT molecular complexity index is 833. The van der Waals surface area contributed by atoms with Gasteiger partial charge in [-0.1, -0.05) is 0 Å². The molecule has 0 spiro atoms. The van der Waals surface area contributed by atoms with Crippen molar-refractivity contribution in [1.82, 2.24) is 29.8 Å². The molecule has 1 amide bonds. The SMILES string of the molecule is O=C(c1ccncc1)N1CCC[C@H]1c1nccnc1-c1ncc[nH]1. The van der Waals surface area contributed by atoms with Crippen molar-refractivity contribution in [2.75, 3.05) is 6.54 Å². The number of rotatable bonds is 3. The van der Waals surface area contributed by atoms with Crippen LogP contribution in [0.15, 0.2) is 49.3 Å². The molecule has 0 aliphatic carbocycles. The summed E-state index contributed by atoms with van der Waals surface area (Å²) < 4.78 is 0. The molecule has 0 unspecified atom stereocenters. The summed E-state index contributed by atoms with van der Waals surface area (Å²) in [5.41, 5.74) is 2.12. The Balaban J connectivity index is 1.70. The van der Waals surface area contributed by atoms with Crippen molar-refractivity contribution in [3.8, 4) is 11.5 Å². The summed E-state index contributed by atoms with van der Waals surface area (Å²) in [5.74, 6) is 0.664. The van der Waals surface area contributed by atoms with Gasteiger partial charge in [-0.3, -0.25) is 14.8 Å². The molecular formula is C17H16N6O. The van der Waals surface area contributed by atoms with E-state index >= 15 is 0 Å². The van der Waals surface area contributed by atoms with E-state index in [4.69, 9.17) is 0 Å². The molecule has 7 nitrogen and oxygen atoms in total. The first-order chi connectivity index (χ1) is 11.8. The molecule has 0 aromatic carbocycles. The Morgan fingerprint density at radius 2 is 1.92 bits per heavy atom. The standard InChI is InChI=1S/C17H16N6O/c24-17(12-3-5-18-6-4-12)23-11-1-2-13(23)14-15(20-8-7-19-14)16-21-9-10-22-16/h3-10,13H,1-2,11H2,(H,21,22)/t13-/m0/s1. The molecule has 1 saturated heterocycles. The molecule has 0 saturated carbocycles. The number of likely N-dealkylation sites (tertiary alicyclic amines) is 1. The zero-order valence-corrected chi connectivity index (χ0v) is 13.0. The fourth-order valence-corrected chi connectivity index (χ4v) is 3.12. The van der Waals surface area contributed by atoms with Crippen molar-refractivity contribution >= 4 is 5.91 Å². The van der Waals surface area contributed by atoms with Crippen LogP contribution in [0.25, 0.3) is 11.5 Å². The predicted octanol–water partition coefficient (Wildman–Crippen LogP) is 2.24. The zero-order valence-electron chi connectivity index (χ0n) is 13.0. The molecule has 1 aliphatic rings. The van der Waals surface area contributed by atoms with Crippen LogP contribution in [0.4, 0.5) is 0 Å². The van der Waals surface area contributed by atoms with E-state index in [1.54, 1.807) is 49.3 Å². The minimum Gasteiger partial charge on any atom is -0.343 e. The Morgan fingerprint density at radius 1 is 1.08 bits per heavy atom. The minimum absolute atomic E-state index is 0.00375. The largest absolute Gasteiger partial charge is 0.343 e. The van der Waals surface area contributed by atoms with Crippen LogP contribution in [0, 0.1) is 0 Å². The fourth-order valence-electron chi connectivity index (χ4n) is 3.12. The highest BCUT2D eigenvalue weighted by molar-refractivity contribution is 5.94. The summed E-state index contributed by atoms with van der Waals surface area (Å²) >= 11 is 0. The van der Waals surface area contributed by atoms with Crippen molar-refractivity contribution in [2.24, 2.45) is 0 Å². The highest BCUT2D eigenvalue weighted by Crippen LogP contribution is 2.35. The fraction of sp³-hybridized carbons (Fsp3) is 0.235. The summed E-state index contributed by atoms with van der Waals surface area (Å²) in [7, 11) is 0. The van der Waals surface area contributed by atoms with Gasteiger partial charge in [-0.05, 0) is 25.0 Å². The lowest BCUT2D eigenvalue weighted by molar-refractivity contribution is 0.0733. The van der Waals surface area contributed by atoms with Gasteiger partial charge in [0.05, 0.1) is 11.7 Å². The minimum atomic E-state index is -0.0977. The normalized spacial score (nSPS) is 17.2. The lowest BCUT2D eigenvalue weighted by Gasteiger charge is -2.25. The van der Waals surface area contributed by atoms with E-state index in [0.29, 0.717) is 23.6 Å². The molecule has 1 atom stereocenters. The van der Waals surface area contributed by atoms with Crippen LogP contribution < -0.4 is 0 Å². The van der Waals surface area contributed by atoms with Crippen molar-refractivity contribution < 1.29 is 4.79 Å². The summed E-state index contributed by atoms with van der Waals surface area (Å²) in [4.78, 5) is 35.0. The topological polar surface area (TPSA) is 87.7 Å². The number of carbonyl (C=O) groups is 1. The monoisotopic (exact) mass is 320 g/mol. The van der Waals surface area contributed by atoms with Gasteiger partial charge in [0.1, 0.15) is 5.69 Å². The van der Waals surface area contributed by atoms with Crippen molar-refractivity contribution in [3.63, 3.8) is 0 Å². The molecule has 0 bridgehead atoms. The molecule has 3 aromatic rings. The molecule has 120 valence electrons. The van der Waals surface area contributed by atoms with Crippen LogP contribution in [0.3, 0.4) is 0 Å². The third-order valence-corrected chi connectivity index (χ3v) is 4.21. The first-order valence-corrected chi connectivity index (χ1v) is 7.86. The van der Waals surface area contributed by atoms with Gasteiger partial charge in [-0.2, -0.15) is 0 Å². The van der Waals surface area contributed by atoms with Gasteiger partial charge >= 0.3 is 0 Å². The maximum atomic E-state index is 12.9. The molecular weight excluding hydrogens is 304 g/mol. The van der Waals surface area contributed by atoms with Crippen LogP contribution in [0.2, 0.25) is 0 Å². The van der Waals surface area contributed by atoms with Gasteiger partial charge in [0.2, 0.25) is 0 Å². The second kappa shape index (κ2) is 6.19. The number of hydrogen-bond acceptors (Lipinski definition) is 5. The van der Waals surface area contributed by atoms with Gasteiger partial charge in [-0.25, -0.2) is 9.97 Å². The summed E-state index contributed by atoms with van der Waals surface area (Å²) in [5, 5.41) is 0. The number of pyridine rings is 1. The van der Waals surface area contributed by atoms with Crippen LogP contribution in [-0.4, -0.2) is 42.3 Å². The van der Waals surface area contributed by atoms with E-state index < -0.39 is 0 Å². The first-order valence-electron chi connectivity index (χ1n) is 7.86.